The van der Waals surface area contributed by atoms with E-state index in [1.165, 1.54) is 13.5 Å². The van der Waals surface area contributed by atoms with Crippen molar-refractivity contribution in [2.45, 2.75) is 46.1 Å². The molecular weight excluding hydrogens is 216 g/mol. The monoisotopic (exact) mass is 236 g/mol. The summed E-state index contributed by atoms with van der Waals surface area (Å²) in [5.74, 6) is 1.30. The van der Waals surface area contributed by atoms with Gasteiger partial charge in [-0.15, -0.1) is 0 Å². The zero-order valence-electron chi connectivity index (χ0n) is 10.8. The Morgan fingerprint density at radius 3 is 2.88 bits per heavy atom. The van der Waals surface area contributed by atoms with Crippen LogP contribution in [0.4, 0.5) is 0 Å². The Hall–Kier alpha value is -1.32. The van der Waals surface area contributed by atoms with Crippen LogP contribution in [0.25, 0.3) is 0 Å². The Bertz CT molecular complexity index is 421. The van der Waals surface area contributed by atoms with Crippen LogP contribution in [0.5, 0.6) is 0 Å². The van der Waals surface area contributed by atoms with Gasteiger partial charge < -0.3 is 9.30 Å². The van der Waals surface area contributed by atoms with Crippen LogP contribution in [-0.2, 0) is 24.1 Å². The van der Waals surface area contributed by atoms with Crippen molar-refractivity contribution in [1.82, 2.24) is 9.55 Å². The summed E-state index contributed by atoms with van der Waals surface area (Å²) in [4.78, 5) is 16.5. The van der Waals surface area contributed by atoms with E-state index in [4.69, 9.17) is 4.74 Å². The van der Waals surface area contributed by atoms with Crippen molar-refractivity contribution in [2.24, 2.45) is 5.92 Å². The Kier molecular flexibility index (Phi) is 3.50. The van der Waals surface area contributed by atoms with Gasteiger partial charge in [0.2, 0.25) is 0 Å². The van der Waals surface area contributed by atoms with Crippen molar-refractivity contribution in [3.8, 4) is 0 Å². The number of rotatable bonds is 3. The van der Waals surface area contributed by atoms with Gasteiger partial charge in [0.15, 0.2) is 5.69 Å². The van der Waals surface area contributed by atoms with Crippen molar-refractivity contribution < 1.29 is 9.53 Å². The summed E-state index contributed by atoms with van der Waals surface area (Å²) in [5.41, 5.74) is 1.58. The van der Waals surface area contributed by atoms with Crippen LogP contribution in [0.3, 0.4) is 0 Å². The molecule has 0 aromatic carbocycles. The summed E-state index contributed by atoms with van der Waals surface area (Å²) < 4.78 is 6.93. The first-order valence-electron chi connectivity index (χ1n) is 6.30. The Labute approximate surface area is 102 Å². The van der Waals surface area contributed by atoms with Crippen LogP contribution >= 0.6 is 0 Å². The maximum atomic E-state index is 11.9. The van der Waals surface area contributed by atoms with Gasteiger partial charge in [0.1, 0.15) is 5.82 Å². The maximum absolute atomic E-state index is 11.9. The highest BCUT2D eigenvalue weighted by molar-refractivity contribution is 5.89. The summed E-state index contributed by atoms with van der Waals surface area (Å²) in [6.45, 7) is 5.17. The van der Waals surface area contributed by atoms with Gasteiger partial charge in [-0.25, -0.2) is 9.78 Å². The summed E-state index contributed by atoms with van der Waals surface area (Å²) >= 11 is 0. The van der Waals surface area contributed by atoms with Crippen LogP contribution in [0.1, 0.15) is 48.7 Å². The van der Waals surface area contributed by atoms with E-state index in [1.807, 2.05) is 4.57 Å². The molecule has 2 rings (SSSR count). The van der Waals surface area contributed by atoms with E-state index < -0.39 is 0 Å². The lowest BCUT2D eigenvalue weighted by Gasteiger charge is -2.15. The van der Waals surface area contributed by atoms with E-state index in [2.05, 4.69) is 18.8 Å². The van der Waals surface area contributed by atoms with Crippen molar-refractivity contribution in [2.75, 3.05) is 7.11 Å². The molecule has 0 saturated carbocycles. The molecule has 4 nitrogen and oxygen atoms in total. The first-order chi connectivity index (χ1) is 8.13. The first-order valence-corrected chi connectivity index (χ1v) is 6.30. The standard InChI is InChI=1S/C13H20N2O2/c1-9(2)8-10-12(13(16)17-3)15-7-5-4-6-11(15)14-10/h9H,4-8H2,1-3H3. The number of hydrogen-bond acceptors (Lipinski definition) is 3. The lowest BCUT2D eigenvalue weighted by molar-refractivity contribution is 0.0585. The minimum Gasteiger partial charge on any atom is -0.464 e. The molecule has 94 valence electrons. The predicted octanol–water partition coefficient (Wildman–Crippen LogP) is 2.20. The lowest BCUT2D eigenvalue weighted by atomic mass is 10.1. The van der Waals surface area contributed by atoms with Crippen LogP contribution in [0.2, 0.25) is 0 Å². The lowest BCUT2D eigenvalue weighted by Crippen LogP contribution is -2.17. The fraction of sp³-hybridized carbons (Fsp3) is 0.692. The van der Waals surface area contributed by atoms with E-state index in [1.54, 1.807) is 0 Å². The zero-order valence-corrected chi connectivity index (χ0v) is 10.8. The Morgan fingerprint density at radius 2 is 2.24 bits per heavy atom. The molecule has 0 radical (unpaired) electrons. The minimum absolute atomic E-state index is 0.249. The fourth-order valence-electron chi connectivity index (χ4n) is 2.39. The van der Waals surface area contributed by atoms with Gasteiger partial charge in [0, 0.05) is 13.0 Å². The molecule has 17 heavy (non-hydrogen) atoms. The molecule has 0 spiro atoms. The van der Waals surface area contributed by atoms with Gasteiger partial charge in [-0.05, 0) is 25.2 Å². The number of nitrogens with zero attached hydrogens (tertiary/aromatic N) is 2. The highest BCUT2D eigenvalue weighted by atomic mass is 16.5. The third-order valence-electron chi connectivity index (χ3n) is 3.13. The van der Waals surface area contributed by atoms with E-state index in [9.17, 15) is 4.79 Å². The third-order valence-corrected chi connectivity index (χ3v) is 3.13. The summed E-state index contributed by atoms with van der Waals surface area (Å²) in [5, 5.41) is 0. The average Bonchev–Trinajstić information content (AvgIpc) is 2.65. The topological polar surface area (TPSA) is 44.1 Å². The normalized spacial score (nSPS) is 14.8. The molecule has 0 fully saturated rings. The van der Waals surface area contributed by atoms with Crippen LogP contribution in [0, 0.1) is 5.92 Å². The number of imidazole rings is 1. The third kappa shape index (κ3) is 2.35. The maximum Gasteiger partial charge on any atom is 0.356 e. The number of ether oxygens (including phenoxy) is 1. The molecule has 1 aliphatic rings. The number of carbonyl (C=O) groups excluding carboxylic acids is 1. The highest BCUT2D eigenvalue weighted by Gasteiger charge is 2.25. The summed E-state index contributed by atoms with van der Waals surface area (Å²) in [7, 11) is 1.43. The quantitative estimate of drug-likeness (QED) is 0.756. The first kappa shape index (κ1) is 12.1. The van der Waals surface area contributed by atoms with Gasteiger partial charge in [-0.2, -0.15) is 0 Å². The smallest absolute Gasteiger partial charge is 0.356 e. The van der Waals surface area contributed by atoms with E-state index in [0.29, 0.717) is 11.6 Å². The molecule has 1 aromatic rings. The van der Waals surface area contributed by atoms with Gasteiger partial charge >= 0.3 is 5.97 Å². The molecule has 0 atom stereocenters. The van der Waals surface area contributed by atoms with Crippen LogP contribution in [0.15, 0.2) is 0 Å². The van der Waals surface area contributed by atoms with Crippen molar-refractivity contribution in [1.29, 1.82) is 0 Å². The van der Waals surface area contributed by atoms with Crippen molar-refractivity contribution in [3.63, 3.8) is 0 Å². The fourth-order valence-corrected chi connectivity index (χ4v) is 2.39. The minimum atomic E-state index is -0.249. The highest BCUT2D eigenvalue weighted by Crippen LogP contribution is 2.22. The number of esters is 1. The average molecular weight is 236 g/mol. The van der Waals surface area contributed by atoms with Gasteiger partial charge in [-0.1, -0.05) is 13.8 Å². The Morgan fingerprint density at radius 1 is 1.47 bits per heavy atom. The van der Waals surface area contributed by atoms with E-state index in [-0.39, 0.29) is 5.97 Å². The molecule has 2 heterocycles. The predicted molar refractivity (Wildman–Crippen MR) is 65.0 cm³/mol. The number of aromatic nitrogens is 2. The number of methoxy groups -OCH3 is 1. The number of fused-ring (bicyclic) bond motifs is 1. The number of carbonyl (C=O) groups is 1. The van der Waals surface area contributed by atoms with Gasteiger partial charge in [0.25, 0.3) is 0 Å². The Balaban J connectivity index is 2.43. The molecule has 0 aliphatic carbocycles. The summed E-state index contributed by atoms with van der Waals surface area (Å²) in [6.07, 6.45) is 4.10. The molecule has 1 aromatic heterocycles. The van der Waals surface area contributed by atoms with Gasteiger partial charge in [0.05, 0.1) is 12.8 Å². The SMILES string of the molecule is COC(=O)c1c(CC(C)C)nc2n1CCCC2. The van der Waals surface area contributed by atoms with E-state index in [0.717, 1.165) is 37.3 Å². The largest absolute Gasteiger partial charge is 0.464 e. The second-order valence-electron chi connectivity index (χ2n) is 5.02. The molecule has 0 amide bonds. The van der Waals surface area contributed by atoms with E-state index >= 15 is 0 Å². The molecule has 0 saturated heterocycles. The van der Waals surface area contributed by atoms with Crippen molar-refractivity contribution >= 4 is 5.97 Å². The van der Waals surface area contributed by atoms with Crippen LogP contribution in [-0.4, -0.2) is 22.6 Å². The second-order valence-corrected chi connectivity index (χ2v) is 5.02. The zero-order chi connectivity index (χ0) is 12.4. The molecule has 1 aliphatic heterocycles. The number of hydrogen-bond donors (Lipinski definition) is 0. The second kappa shape index (κ2) is 4.90. The molecule has 0 unspecified atom stereocenters. The molecular formula is C13H20N2O2. The molecule has 4 heteroatoms. The van der Waals surface area contributed by atoms with Gasteiger partial charge in [-0.3, -0.25) is 0 Å². The van der Waals surface area contributed by atoms with Crippen molar-refractivity contribution in [3.05, 3.63) is 17.2 Å². The molecule has 0 bridgehead atoms. The molecule has 0 N–H and O–H groups in total. The van der Waals surface area contributed by atoms with Crippen LogP contribution < -0.4 is 0 Å². The summed E-state index contributed by atoms with van der Waals surface area (Å²) in [6, 6.07) is 0. The number of aryl methyl sites for hydroxylation is 1.